The summed E-state index contributed by atoms with van der Waals surface area (Å²) in [5.74, 6) is 0.839. The number of carbonyl (C=O) groups is 1. The number of carbonyl (C=O) groups excluding carboxylic acids is 1. The third-order valence-corrected chi connectivity index (χ3v) is 4.07. The highest BCUT2D eigenvalue weighted by atomic mass is 16.5. The van der Waals surface area contributed by atoms with E-state index < -0.39 is 0 Å². The molecule has 0 unspecified atom stereocenters. The second-order valence-corrected chi connectivity index (χ2v) is 7.00. The van der Waals surface area contributed by atoms with Crippen LogP contribution in [0.25, 0.3) is 0 Å². The quantitative estimate of drug-likeness (QED) is 0.817. The van der Waals surface area contributed by atoms with E-state index in [1.54, 1.807) is 0 Å². The highest BCUT2D eigenvalue weighted by Gasteiger charge is 2.16. The Balaban J connectivity index is 1.64. The summed E-state index contributed by atoms with van der Waals surface area (Å²) in [6.07, 6.45) is 4.64. The number of ether oxygens (including phenoxy) is 1. The van der Waals surface area contributed by atoms with Crippen LogP contribution in [0.2, 0.25) is 0 Å². The van der Waals surface area contributed by atoms with Crippen molar-refractivity contribution in [3.05, 3.63) is 29.8 Å². The average Bonchev–Trinajstić information content (AvgIpc) is 2.96. The molecule has 1 saturated carbocycles. The van der Waals surface area contributed by atoms with Crippen molar-refractivity contribution in [3.63, 3.8) is 0 Å². The zero-order valence-corrected chi connectivity index (χ0v) is 13.9. The minimum absolute atomic E-state index is 0.0846. The van der Waals surface area contributed by atoms with E-state index in [0.29, 0.717) is 19.2 Å². The van der Waals surface area contributed by atoms with Crippen molar-refractivity contribution in [2.75, 3.05) is 13.2 Å². The van der Waals surface area contributed by atoms with Gasteiger partial charge < -0.3 is 15.4 Å². The predicted molar refractivity (Wildman–Crippen MR) is 89.4 cm³/mol. The largest absolute Gasteiger partial charge is 0.492 e. The van der Waals surface area contributed by atoms with E-state index >= 15 is 0 Å². The van der Waals surface area contributed by atoms with Gasteiger partial charge in [-0.1, -0.05) is 45.7 Å². The van der Waals surface area contributed by atoms with Crippen LogP contribution in [-0.4, -0.2) is 25.2 Å². The van der Waals surface area contributed by atoms with Gasteiger partial charge in [-0.3, -0.25) is 0 Å². The molecular weight excluding hydrogens is 276 g/mol. The Hall–Kier alpha value is -1.71. The normalized spacial score (nSPS) is 15.6. The molecule has 0 atom stereocenters. The molecule has 0 heterocycles. The van der Waals surface area contributed by atoms with Gasteiger partial charge in [-0.2, -0.15) is 0 Å². The lowest BCUT2D eigenvalue weighted by atomic mass is 9.87. The van der Waals surface area contributed by atoms with E-state index in [4.69, 9.17) is 4.74 Å². The van der Waals surface area contributed by atoms with Crippen molar-refractivity contribution < 1.29 is 9.53 Å². The second kappa shape index (κ2) is 7.52. The van der Waals surface area contributed by atoms with Crippen molar-refractivity contribution >= 4 is 6.03 Å². The summed E-state index contributed by atoms with van der Waals surface area (Å²) >= 11 is 0. The topological polar surface area (TPSA) is 50.4 Å². The Morgan fingerprint density at radius 3 is 2.41 bits per heavy atom. The van der Waals surface area contributed by atoms with Crippen molar-refractivity contribution in [2.45, 2.75) is 57.9 Å². The summed E-state index contributed by atoms with van der Waals surface area (Å²) < 4.78 is 5.65. The molecule has 122 valence electrons. The summed E-state index contributed by atoms with van der Waals surface area (Å²) in [6.45, 7) is 7.56. The van der Waals surface area contributed by atoms with Crippen LogP contribution in [0, 0.1) is 0 Å². The number of hydrogen-bond donors (Lipinski definition) is 2. The van der Waals surface area contributed by atoms with E-state index in [2.05, 4.69) is 43.5 Å². The monoisotopic (exact) mass is 304 g/mol. The summed E-state index contributed by atoms with van der Waals surface area (Å²) in [4.78, 5) is 11.7. The van der Waals surface area contributed by atoms with E-state index in [1.807, 2.05) is 12.1 Å². The van der Waals surface area contributed by atoms with Crippen LogP contribution in [0.3, 0.4) is 0 Å². The number of nitrogens with one attached hydrogen (secondary N) is 2. The van der Waals surface area contributed by atoms with Gasteiger partial charge in [0.25, 0.3) is 0 Å². The minimum atomic E-state index is -0.0846. The SMILES string of the molecule is CC(C)(C)c1ccc(OCCNC(=O)NC2CCCC2)cc1. The number of amides is 2. The van der Waals surface area contributed by atoms with Crippen LogP contribution in [0.5, 0.6) is 5.75 Å². The molecule has 1 aromatic rings. The second-order valence-electron chi connectivity index (χ2n) is 7.00. The molecule has 1 fully saturated rings. The fraction of sp³-hybridized carbons (Fsp3) is 0.611. The fourth-order valence-electron chi connectivity index (χ4n) is 2.69. The van der Waals surface area contributed by atoms with Gasteiger partial charge in [0.2, 0.25) is 0 Å². The molecule has 1 aliphatic rings. The number of urea groups is 1. The van der Waals surface area contributed by atoms with E-state index in [9.17, 15) is 4.79 Å². The fourth-order valence-corrected chi connectivity index (χ4v) is 2.69. The molecule has 2 rings (SSSR count). The number of rotatable bonds is 5. The van der Waals surface area contributed by atoms with Gasteiger partial charge in [-0.15, -0.1) is 0 Å². The Bertz CT molecular complexity index is 471. The van der Waals surface area contributed by atoms with Gasteiger partial charge >= 0.3 is 6.03 Å². The molecule has 0 bridgehead atoms. The Labute approximate surface area is 133 Å². The first-order valence-corrected chi connectivity index (χ1v) is 8.23. The van der Waals surface area contributed by atoms with Gasteiger partial charge in [-0.25, -0.2) is 4.79 Å². The highest BCUT2D eigenvalue weighted by Crippen LogP contribution is 2.24. The molecule has 22 heavy (non-hydrogen) atoms. The maximum Gasteiger partial charge on any atom is 0.315 e. The molecule has 0 spiro atoms. The van der Waals surface area contributed by atoms with Gasteiger partial charge in [0, 0.05) is 6.04 Å². The lowest BCUT2D eigenvalue weighted by molar-refractivity contribution is 0.233. The summed E-state index contributed by atoms with van der Waals surface area (Å²) in [6, 6.07) is 8.42. The van der Waals surface area contributed by atoms with Crippen molar-refractivity contribution in [1.82, 2.24) is 10.6 Å². The maximum atomic E-state index is 11.7. The van der Waals surface area contributed by atoms with Crippen LogP contribution < -0.4 is 15.4 Å². The van der Waals surface area contributed by atoms with Crippen LogP contribution in [0.15, 0.2) is 24.3 Å². The van der Waals surface area contributed by atoms with Gasteiger partial charge in [0.05, 0.1) is 6.54 Å². The number of benzene rings is 1. The average molecular weight is 304 g/mol. The van der Waals surface area contributed by atoms with Crippen molar-refractivity contribution in [3.8, 4) is 5.75 Å². The summed E-state index contributed by atoms with van der Waals surface area (Å²) in [5.41, 5.74) is 1.44. The zero-order valence-electron chi connectivity index (χ0n) is 13.9. The van der Waals surface area contributed by atoms with E-state index in [0.717, 1.165) is 18.6 Å². The molecule has 0 aliphatic heterocycles. The van der Waals surface area contributed by atoms with E-state index in [-0.39, 0.29) is 11.4 Å². The van der Waals surface area contributed by atoms with Crippen LogP contribution in [0.4, 0.5) is 4.79 Å². The lowest BCUT2D eigenvalue weighted by Crippen LogP contribution is -2.42. The Morgan fingerprint density at radius 1 is 1.18 bits per heavy atom. The van der Waals surface area contributed by atoms with E-state index in [1.165, 1.54) is 18.4 Å². The Morgan fingerprint density at radius 2 is 1.82 bits per heavy atom. The molecule has 2 amide bonds. The first kappa shape index (κ1) is 16.7. The zero-order chi connectivity index (χ0) is 16.0. The van der Waals surface area contributed by atoms with Gasteiger partial charge in [-0.05, 0) is 36.0 Å². The first-order valence-electron chi connectivity index (χ1n) is 8.23. The molecular formula is C18H28N2O2. The molecule has 0 saturated heterocycles. The molecule has 1 aliphatic carbocycles. The minimum Gasteiger partial charge on any atom is -0.492 e. The molecule has 4 nitrogen and oxygen atoms in total. The molecule has 0 aromatic heterocycles. The third kappa shape index (κ3) is 5.24. The van der Waals surface area contributed by atoms with Crippen molar-refractivity contribution in [1.29, 1.82) is 0 Å². The maximum absolute atomic E-state index is 11.7. The Kier molecular flexibility index (Phi) is 5.69. The lowest BCUT2D eigenvalue weighted by Gasteiger charge is -2.19. The predicted octanol–water partition coefficient (Wildman–Crippen LogP) is 3.60. The summed E-state index contributed by atoms with van der Waals surface area (Å²) in [5, 5.41) is 5.84. The third-order valence-electron chi connectivity index (χ3n) is 4.07. The molecule has 0 radical (unpaired) electrons. The smallest absolute Gasteiger partial charge is 0.315 e. The van der Waals surface area contributed by atoms with Gasteiger partial charge in [0.1, 0.15) is 12.4 Å². The molecule has 2 N–H and O–H groups in total. The highest BCUT2D eigenvalue weighted by molar-refractivity contribution is 5.74. The first-order chi connectivity index (χ1) is 10.4. The van der Waals surface area contributed by atoms with Crippen LogP contribution in [0.1, 0.15) is 52.0 Å². The van der Waals surface area contributed by atoms with Crippen molar-refractivity contribution in [2.24, 2.45) is 0 Å². The van der Waals surface area contributed by atoms with Gasteiger partial charge in [0.15, 0.2) is 0 Å². The number of hydrogen-bond acceptors (Lipinski definition) is 2. The summed E-state index contributed by atoms with van der Waals surface area (Å²) in [7, 11) is 0. The molecule has 1 aromatic carbocycles. The van der Waals surface area contributed by atoms with Crippen LogP contribution in [-0.2, 0) is 5.41 Å². The van der Waals surface area contributed by atoms with Crippen LogP contribution >= 0.6 is 0 Å². The standard InChI is InChI=1S/C18H28N2O2/c1-18(2,3)14-8-10-16(11-9-14)22-13-12-19-17(21)20-15-6-4-5-7-15/h8-11,15H,4-7,12-13H2,1-3H3,(H2,19,20,21). The molecule has 4 heteroatoms.